The fourth-order valence-electron chi connectivity index (χ4n) is 4.93. The minimum absolute atomic E-state index is 0.230. The summed E-state index contributed by atoms with van der Waals surface area (Å²) in [4.78, 5) is 17.4. The summed E-state index contributed by atoms with van der Waals surface area (Å²) in [5, 5.41) is 0. The summed E-state index contributed by atoms with van der Waals surface area (Å²) in [5.74, 6) is 1.06. The van der Waals surface area contributed by atoms with E-state index in [-0.39, 0.29) is 11.3 Å². The Morgan fingerprint density at radius 2 is 1.90 bits per heavy atom. The summed E-state index contributed by atoms with van der Waals surface area (Å²) in [6.07, 6.45) is 4.05. The number of hydrogen-bond donors (Lipinski definition) is 0. The standard InChI is InChI=1S/C25H32N2O2/c1-21-7-5-8-22(17-21)18-26-14-6-12-25(19-26)13-15-27(20-25)24(28)11-16-29-23-9-3-2-4-10-23/h2-5,7-10,17H,6,11-16,18-20H2,1H3/t25-/m0/s1. The maximum atomic E-state index is 12.7. The smallest absolute Gasteiger partial charge is 0.226 e. The molecular weight excluding hydrogens is 360 g/mol. The average molecular weight is 393 g/mol. The number of ether oxygens (including phenoxy) is 1. The molecule has 4 rings (SSSR count). The third kappa shape index (κ3) is 5.18. The molecule has 1 spiro atoms. The number of amides is 1. The third-order valence-electron chi connectivity index (χ3n) is 6.35. The molecule has 4 nitrogen and oxygen atoms in total. The summed E-state index contributed by atoms with van der Waals surface area (Å²) in [6.45, 7) is 7.68. The van der Waals surface area contributed by atoms with Crippen molar-refractivity contribution in [1.82, 2.24) is 9.80 Å². The quantitative estimate of drug-likeness (QED) is 0.736. The number of aryl methyl sites for hydroxylation is 1. The molecule has 2 heterocycles. The highest BCUT2D eigenvalue weighted by molar-refractivity contribution is 5.76. The van der Waals surface area contributed by atoms with Crippen molar-refractivity contribution in [2.75, 3.05) is 32.8 Å². The zero-order valence-electron chi connectivity index (χ0n) is 17.5. The zero-order chi connectivity index (χ0) is 20.1. The maximum Gasteiger partial charge on any atom is 0.226 e. The molecular formula is C25H32N2O2. The molecule has 2 aliphatic heterocycles. The van der Waals surface area contributed by atoms with Crippen LogP contribution in [0.2, 0.25) is 0 Å². The van der Waals surface area contributed by atoms with Gasteiger partial charge in [0.1, 0.15) is 5.75 Å². The van der Waals surface area contributed by atoms with E-state index in [4.69, 9.17) is 4.74 Å². The van der Waals surface area contributed by atoms with Crippen molar-refractivity contribution < 1.29 is 9.53 Å². The number of benzene rings is 2. The lowest BCUT2D eigenvalue weighted by Crippen LogP contribution is -2.45. The summed E-state index contributed by atoms with van der Waals surface area (Å²) in [7, 11) is 0. The van der Waals surface area contributed by atoms with Crippen LogP contribution in [0, 0.1) is 12.3 Å². The van der Waals surface area contributed by atoms with Crippen LogP contribution in [0.4, 0.5) is 0 Å². The predicted molar refractivity (Wildman–Crippen MR) is 116 cm³/mol. The van der Waals surface area contributed by atoms with Gasteiger partial charge in [-0.3, -0.25) is 9.69 Å². The Balaban J connectivity index is 1.27. The molecule has 2 fully saturated rings. The highest BCUT2D eigenvalue weighted by Crippen LogP contribution is 2.39. The van der Waals surface area contributed by atoms with Gasteiger partial charge in [0.15, 0.2) is 0 Å². The number of carbonyl (C=O) groups excluding carboxylic acids is 1. The first-order chi connectivity index (χ1) is 14.1. The molecule has 0 aliphatic carbocycles. The molecule has 0 bridgehead atoms. The van der Waals surface area contributed by atoms with E-state index in [9.17, 15) is 4.79 Å². The molecule has 0 saturated carbocycles. The minimum Gasteiger partial charge on any atom is -0.493 e. The van der Waals surface area contributed by atoms with Crippen LogP contribution >= 0.6 is 0 Å². The van der Waals surface area contributed by atoms with Crippen LogP contribution in [-0.4, -0.2) is 48.5 Å². The third-order valence-corrected chi connectivity index (χ3v) is 6.35. The first-order valence-corrected chi connectivity index (χ1v) is 10.9. The molecule has 0 aromatic heterocycles. The van der Waals surface area contributed by atoms with E-state index < -0.39 is 0 Å². The van der Waals surface area contributed by atoms with E-state index in [0.29, 0.717) is 13.0 Å². The second-order valence-corrected chi connectivity index (χ2v) is 8.78. The van der Waals surface area contributed by atoms with Crippen LogP contribution in [0.3, 0.4) is 0 Å². The van der Waals surface area contributed by atoms with Crippen LogP contribution in [0.1, 0.15) is 36.8 Å². The van der Waals surface area contributed by atoms with Crippen molar-refractivity contribution in [3.05, 3.63) is 65.7 Å². The first-order valence-electron chi connectivity index (χ1n) is 10.9. The van der Waals surface area contributed by atoms with Crippen LogP contribution in [0.15, 0.2) is 54.6 Å². The van der Waals surface area contributed by atoms with Crippen LogP contribution in [-0.2, 0) is 11.3 Å². The van der Waals surface area contributed by atoms with Gasteiger partial charge in [0, 0.05) is 31.6 Å². The molecule has 2 aromatic rings. The Labute approximate surface area is 174 Å². The highest BCUT2D eigenvalue weighted by atomic mass is 16.5. The van der Waals surface area contributed by atoms with Crippen molar-refractivity contribution in [3.63, 3.8) is 0 Å². The lowest BCUT2D eigenvalue weighted by atomic mass is 9.79. The minimum atomic E-state index is 0.230. The molecule has 154 valence electrons. The van der Waals surface area contributed by atoms with Gasteiger partial charge in [-0.15, -0.1) is 0 Å². The van der Waals surface area contributed by atoms with Gasteiger partial charge in [0.05, 0.1) is 13.0 Å². The predicted octanol–water partition coefficient (Wildman–Crippen LogP) is 4.28. The van der Waals surface area contributed by atoms with Gasteiger partial charge in [-0.25, -0.2) is 0 Å². The number of nitrogens with zero attached hydrogens (tertiary/aromatic N) is 2. The maximum absolute atomic E-state index is 12.7. The molecule has 4 heteroatoms. The molecule has 2 aromatic carbocycles. The lowest BCUT2D eigenvalue weighted by Gasteiger charge is -2.40. The fourth-order valence-corrected chi connectivity index (χ4v) is 4.93. The number of rotatable bonds is 6. The van der Waals surface area contributed by atoms with Crippen molar-refractivity contribution in [2.24, 2.45) is 5.41 Å². The topological polar surface area (TPSA) is 32.8 Å². The molecule has 1 atom stereocenters. The normalized spacial score (nSPS) is 22.2. The number of carbonyl (C=O) groups is 1. The van der Waals surface area contributed by atoms with E-state index in [1.165, 1.54) is 24.0 Å². The first kappa shape index (κ1) is 20.0. The van der Waals surface area contributed by atoms with Gasteiger partial charge in [-0.1, -0.05) is 48.0 Å². The van der Waals surface area contributed by atoms with Gasteiger partial charge >= 0.3 is 0 Å². The van der Waals surface area contributed by atoms with Gasteiger partial charge in [-0.2, -0.15) is 0 Å². The van der Waals surface area contributed by atoms with Crippen molar-refractivity contribution in [1.29, 1.82) is 0 Å². The van der Waals surface area contributed by atoms with E-state index in [1.54, 1.807) is 0 Å². The van der Waals surface area contributed by atoms with Gasteiger partial charge in [0.2, 0.25) is 5.91 Å². The molecule has 0 radical (unpaired) electrons. The monoisotopic (exact) mass is 392 g/mol. The molecule has 2 aliphatic rings. The zero-order valence-corrected chi connectivity index (χ0v) is 17.5. The number of likely N-dealkylation sites (tertiary alicyclic amines) is 2. The Bertz CT molecular complexity index is 823. The summed E-state index contributed by atoms with van der Waals surface area (Å²) in [5.41, 5.74) is 2.99. The molecule has 29 heavy (non-hydrogen) atoms. The fraction of sp³-hybridized carbons (Fsp3) is 0.480. The van der Waals surface area contributed by atoms with E-state index in [2.05, 4.69) is 41.0 Å². The molecule has 1 amide bonds. The SMILES string of the molecule is Cc1cccc(CN2CCC[C@]3(CCN(C(=O)CCOc4ccccc4)C3)C2)c1. The van der Waals surface area contributed by atoms with Gasteiger partial charge in [-0.05, 0) is 50.4 Å². The second-order valence-electron chi connectivity index (χ2n) is 8.78. The highest BCUT2D eigenvalue weighted by Gasteiger charge is 2.42. The van der Waals surface area contributed by atoms with Crippen molar-refractivity contribution in [2.45, 2.75) is 39.2 Å². The number of hydrogen-bond acceptors (Lipinski definition) is 3. The van der Waals surface area contributed by atoms with E-state index in [1.807, 2.05) is 30.3 Å². The largest absolute Gasteiger partial charge is 0.493 e. The summed E-state index contributed by atoms with van der Waals surface area (Å²) in [6, 6.07) is 18.6. The Kier molecular flexibility index (Phi) is 6.19. The van der Waals surface area contributed by atoms with Gasteiger partial charge in [0.25, 0.3) is 0 Å². The van der Waals surface area contributed by atoms with Gasteiger partial charge < -0.3 is 9.64 Å². The van der Waals surface area contributed by atoms with E-state index >= 15 is 0 Å². The van der Waals surface area contributed by atoms with Crippen molar-refractivity contribution >= 4 is 5.91 Å². The van der Waals surface area contributed by atoms with Crippen LogP contribution in [0.25, 0.3) is 0 Å². The average Bonchev–Trinajstić information content (AvgIpc) is 3.12. The molecule has 0 unspecified atom stereocenters. The summed E-state index contributed by atoms with van der Waals surface area (Å²) >= 11 is 0. The Hall–Kier alpha value is -2.33. The Morgan fingerprint density at radius 1 is 1.03 bits per heavy atom. The molecule has 2 saturated heterocycles. The Morgan fingerprint density at radius 3 is 2.72 bits per heavy atom. The lowest BCUT2D eigenvalue weighted by molar-refractivity contribution is -0.131. The second kappa shape index (κ2) is 9.00. The number of para-hydroxylation sites is 1. The van der Waals surface area contributed by atoms with Crippen molar-refractivity contribution in [3.8, 4) is 5.75 Å². The van der Waals surface area contributed by atoms with E-state index in [0.717, 1.165) is 44.9 Å². The van der Waals surface area contributed by atoms with Crippen LogP contribution in [0.5, 0.6) is 5.75 Å². The summed E-state index contributed by atoms with van der Waals surface area (Å²) < 4.78 is 5.71. The van der Waals surface area contributed by atoms with Crippen LogP contribution < -0.4 is 4.74 Å². The number of piperidine rings is 1. The molecule has 0 N–H and O–H groups in total.